The van der Waals surface area contributed by atoms with Gasteiger partial charge in [0.25, 0.3) is 0 Å². The summed E-state index contributed by atoms with van der Waals surface area (Å²) in [4.78, 5) is 20.4. The Hall–Kier alpha value is -3.21. The maximum absolute atomic E-state index is 12.4. The van der Waals surface area contributed by atoms with Crippen LogP contribution in [0.5, 0.6) is 0 Å². The van der Waals surface area contributed by atoms with Crippen molar-refractivity contribution in [2.75, 3.05) is 25.0 Å². The van der Waals surface area contributed by atoms with E-state index in [1.807, 2.05) is 0 Å². The Morgan fingerprint density at radius 2 is 2.10 bits per heavy atom. The summed E-state index contributed by atoms with van der Waals surface area (Å²) >= 11 is 0. The molecule has 1 amide bonds. The maximum atomic E-state index is 12.4. The van der Waals surface area contributed by atoms with Gasteiger partial charge in [-0.1, -0.05) is 0 Å². The molecule has 0 aliphatic heterocycles. The minimum atomic E-state index is -4.32. The van der Waals surface area contributed by atoms with Crippen molar-refractivity contribution in [3.05, 3.63) is 47.5 Å². The highest BCUT2D eigenvalue weighted by molar-refractivity contribution is 5.86. The van der Waals surface area contributed by atoms with Crippen LogP contribution in [0.25, 0.3) is 10.9 Å². The van der Waals surface area contributed by atoms with Crippen LogP contribution in [-0.4, -0.2) is 56.6 Å². The number of amides is 1. The smallest absolute Gasteiger partial charge is 0.396 e. The van der Waals surface area contributed by atoms with Gasteiger partial charge in [-0.15, -0.1) is 0 Å². The topological polar surface area (TPSA) is 105 Å². The lowest BCUT2D eigenvalue weighted by atomic mass is 10.2. The molecule has 8 nitrogen and oxygen atoms in total. The second-order valence-electron chi connectivity index (χ2n) is 7.10. The molecule has 0 atom stereocenters. The summed E-state index contributed by atoms with van der Waals surface area (Å²) in [5.74, 6) is -0.00614. The Morgan fingerprint density at radius 3 is 2.81 bits per heavy atom. The molecule has 0 radical (unpaired) electrons. The third kappa shape index (κ3) is 6.38. The molecule has 0 aromatic carbocycles. The van der Waals surface area contributed by atoms with E-state index in [1.54, 1.807) is 36.1 Å². The molecule has 166 valence electrons. The SMILES string of the molecule is Cc1cc(Cn2cc3c(CC(=O)NCCCO)nccc3n2)cnc1NCC(F)(F)F. The van der Waals surface area contributed by atoms with Crippen LogP contribution >= 0.6 is 0 Å². The van der Waals surface area contributed by atoms with Crippen molar-refractivity contribution in [3.8, 4) is 0 Å². The van der Waals surface area contributed by atoms with E-state index >= 15 is 0 Å². The number of hydrogen-bond acceptors (Lipinski definition) is 6. The highest BCUT2D eigenvalue weighted by Gasteiger charge is 2.27. The fourth-order valence-electron chi connectivity index (χ4n) is 3.07. The van der Waals surface area contributed by atoms with Gasteiger partial charge in [-0.2, -0.15) is 18.3 Å². The average molecular weight is 436 g/mol. The second kappa shape index (κ2) is 9.73. The molecule has 0 aliphatic rings. The van der Waals surface area contributed by atoms with Crippen LogP contribution in [0.2, 0.25) is 0 Å². The van der Waals surface area contributed by atoms with Crippen molar-refractivity contribution >= 4 is 22.6 Å². The van der Waals surface area contributed by atoms with Crippen molar-refractivity contribution in [3.63, 3.8) is 0 Å². The van der Waals surface area contributed by atoms with E-state index < -0.39 is 12.7 Å². The number of rotatable bonds is 9. The Labute approximate surface area is 176 Å². The highest BCUT2D eigenvalue weighted by atomic mass is 19.4. The molecular formula is C20H23F3N6O2. The minimum absolute atomic E-state index is 0.00852. The van der Waals surface area contributed by atoms with E-state index in [9.17, 15) is 18.0 Å². The molecule has 3 heterocycles. The predicted octanol–water partition coefficient (Wildman–Crippen LogP) is 2.20. The van der Waals surface area contributed by atoms with Crippen molar-refractivity contribution in [2.24, 2.45) is 0 Å². The van der Waals surface area contributed by atoms with Crippen LogP contribution in [0, 0.1) is 6.92 Å². The highest BCUT2D eigenvalue weighted by Crippen LogP contribution is 2.20. The molecule has 31 heavy (non-hydrogen) atoms. The van der Waals surface area contributed by atoms with Crippen molar-refractivity contribution in [2.45, 2.75) is 32.5 Å². The molecule has 0 fully saturated rings. The number of hydrogen-bond donors (Lipinski definition) is 3. The van der Waals surface area contributed by atoms with E-state index in [4.69, 9.17) is 5.11 Å². The summed E-state index contributed by atoms with van der Waals surface area (Å²) in [7, 11) is 0. The first-order chi connectivity index (χ1) is 14.7. The van der Waals surface area contributed by atoms with Crippen LogP contribution in [0.4, 0.5) is 19.0 Å². The molecule has 3 aromatic heterocycles. The zero-order valence-corrected chi connectivity index (χ0v) is 16.9. The number of carbonyl (C=O) groups is 1. The monoisotopic (exact) mass is 436 g/mol. The molecule has 3 rings (SSSR count). The lowest BCUT2D eigenvalue weighted by Gasteiger charge is -2.12. The van der Waals surface area contributed by atoms with Gasteiger partial charge in [0.05, 0.1) is 24.2 Å². The van der Waals surface area contributed by atoms with Crippen LogP contribution < -0.4 is 10.6 Å². The third-order valence-electron chi connectivity index (χ3n) is 4.48. The van der Waals surface area contributed by atoms with Crippen LogP contribution in [0.1, 0.15) is 23.2 Å². The lowest BCUT2D eigenvalue weighted by Crippen LogP contribution is -2.26. The standard InChI is InChI=1S/C20H23F3N6O2/c1-13-7-14(9-26-19(13)27-12-20(21,22)23)10-29-11-15-16(28-29)3-5-24-17(15)8-18(31)25-4-2-6-30/h3,5,7,9,11,30H,2,4,6,8,10,12H2,1H3,(H,25,31)(H,26,27). The van der Waals surface area contributed by atoms with Gasteiger partial charge in [0.15, 0.2) is 0 Å². The first-order valence-corrected chi connectivity index (χ1v) is 9.70. The van der Waals surface area contributed by atoms with Crippen molar-refractivity contribution < 1.29 is 23.1 Å². The number of halogens is 3. The Kier molecular flexibility index (Phi) is 7.06. The maximum Gasteiger partial charge on any atom is 0.405 e. The summed E-state index contributed by atoms with van der Waals surface area (Å²) < 4.78 is 38.8. The summed E-state index contributed by atoms with van der Waals surface area (Å²) in [6, 6.07) is 3.50. The first-order valence-electron chi connectivity index (χ1n) is 9.70. The number of pyridine rings is 2. The van der Waals surface area contributed by atoms with E-state index in [0.717, 1.165) is 10.9 Å². The largest absolute Gasteiger partial charge is 0.405 e. The zero-order chi connectivity index (χ0) is 22.4. The molecule has 3 aromatic rings. The van der Waals surface area contributed by atoms with E-state index in [2.05, 4.69) is 25.7 Å². The van der Waals surface area contributed by atoms with Crippen molar-refractivity contribution in [1.82, 2.24) is 25.1 Å². The fraction of sp³-hybridized carbons (Fsp3) is 0.400. The van der Waals surface area contributed by atoms with Crippen LogP contribution in [-0.2, 0) is 17.8 Å². The van der Waals surface area contributed by atoms with Gasteiger partial charge in [0.1, 0.15) is 12.4 Å². The van der Waals surface area contributed by atoms with E-state index in [0.29, 0.717) is 36.3 Å². The van der Waals surface area contributed by atoms with Gasteiger partial charge in [0.2, 0.25) is 5.91 Å². The number of anilines is 1. The number of alkyl halides is 3. The normalized spacial score (nSPS) is 11.6. The number of carbonyl (C=O) groups excluding carboxylic acids is 1. The molecule has 0 saturated carbocycles. The van der Waals surface area contributed by atoms with E-state index in [1.165, 1.54) is 6.20 Å². The van der Waals surface area contributed by atoms with Gasteiger partial charge < -0.3 is 15.7 Å². The predicted molar refractivity (Wildman–Crippen MR) is 109 cm³/mol. The third-order valence-corrected chi connectivity index (χ3v) is 4.48. The molecule has 0 unspecified atom stereocenters. The number of nitrogens with one attached hydrogen (secondary N) is 2. The molecule has 11 heteroatoms. The lowest BCUT2D eigenvalue weighted by molar-refractivity contribution is -0.120. The van der Waals surface area contributed by atoms with E-state index in [-0.39, 0.29) is 24.8 Å². The molecule has 0 saturated heterocycles. The average Bonchev–Trinajstić information content (AvgIpc) is 3.10. The number of aliphatic hydroxyl groups excluding tert-OH is 1. The number of aliphatic hydroxyl groups is 1. The molecule has 0 bridgehead atoms. The van der Waals surface area contributed by atoms with Gasteiger partial charge in [-0.05, 0) is 36.6 Å². The molecular weight excluding hydrogens is 413 g/mol. The Morgan fingerprint density at radius 1 is 1.29 bits per heavy atom. The van der Waals surface area contributed by atoms with Crippen LogP contribution in [0.15, 0.2) is 30.7 Å². The number of aryl methyl sites for hydroxylation is 1. The van der Waals surface area contributed by atoms with Gasteiger partial charge >= 0.3 is 6.18 Å². The minimum Gasteiger partial charge on any atom is -0.396 e. The quantitative estimate of drug-likeness (QED) is 0.444. The number of aromatic nitrogens is 4. The summed E-state index contributed by atoms with van der Waals surface area (Å²) in [5, 5.41) is 19.0. The zero-order valence-electron chi connectivity index (χ0n) is 16.9. The van der Waals surface area contributed by atoms with Gasteiger partial charge in [-0.25, -0.2) is 4.98 Å². The summed E-state index contributed by atoms with van der Waals surface area (Å²) in [5.41, 5.74) is 2.65. The molecule has 0 aliphatic carbocycles. The summed E-state index contributed by atoms with van der Waals surface area (Å²) in [6.45, 7) is 1.31. The Balaban J connectivity index is 1.71. The molecule has 3 N–H and O–H groups in total. The Bertz CT molecular complexity index is 1050. The fourth-order valence-corrected chi connectivity index (χ4v) is 3.07. The van der Waals surface area contributed by atoms with Gasteiger partial charge in [-0.3, -0.25) is 14.5 Å². The second-order valence-corrected chi connectivity index (χ2v) is 7.10. The van der Waals surface area contributed by atoms with Gasteiger partial charge in [0, 0.05) is 37.1 Å². The van der Waals surface area contributed by atoms with Crippen LogP contribution in [0.3, 0.4) is 0 Å². The summed E-state index contributed by atoms with van der Waals surface area (Å²) in [6.07, 6.45) is 1.13. The number of nitrogens with zero attached hydrogens (tertiary/aromatic N) is 4. The van der Waals surface area contributed by atoms with Crippen molar-refractivity contribution in [1.29, 1.82) is 0 Å². The molecule has 0 spiro atoms. The first kappa shape index (κ1) is 22.5. The number of fused-ring (bicyclic) bond motifs is 1.